The highest BCUT2D eigenvalue weighted by Crippen LogP contribution is 2.20. The fraction of sp³-hybridized carbons (Fsp3) is 0.417. The molecular formula is C12H13BN2O2S. The standard InChI is InChI=1S/C12H13BN2O2S/c1-8(2)9(13(3)7-14)4-5-11-15-10(6-18-11)12(16)17/h6,8-9H,1-3H3,(H,16,17). The Labute approximate surface area is 111 Å². The number of hydrogen-bond donors (Lipinski definition) is 1. The third kappa shape index (κ3) is 3.61. The minimum absolute atomic E-state index is 0.0127. The molecule has 1 unspecified atom stereocenters. The Morgan fingerprint density at radius 2 is 2.28 bits per heavy atom. The molecule has 0 fully saturated rings. The summed E-state index contributed by atoms with van der Waals surface area (Å²) in [5, 5.41) is 19.6. The Hall–Kier alpha value is -1.79. The molecule has 6 heteroatoms. The molecule has 1 heterocycles. The molecule has 1 N–H and O–H groups in total. The summed E-state index contributed by atoms with van der Waals surface area (Å²) in [6.45, 7) is 5.70. The highest BCUT2D eigenvalue weighted by atomic mass is 32.1. The molecule has 0 radical (unpaired) electrons. The van der Waals surface area contributed by atoms with Crippen molar-refractivity contribution in [2.45, 2.75) is 26.5 Å². The molecule has 0 aliphatic carbocycles. The molecule has 0 bridgehead atoms. The van der Waals surface area contributed by atoms with E-state index in [0.29, 0.717) is 5.01 Å². The molecule has 1 rings (SSSR count). The first-order valence-electron chi connectivity index (χ1n) is 5.55. The van der Waals surface area contributed by atoms with E-state index in [1.54, 1.807) is 0 Å². The monoisotopic (exact) mass is 260 g/mol. The van der Waals surface area contributed by atoms with E-state index in [-0.39, 0.29) is 24.1 Å². The van der Waals surface area contributed by atoms with Crippen LogP contribution in [0.2, 0.25) is 12.6 Å². The topological polar surface area (TPSA) is 74.0 Å². The predicted octanol–water partition coefficient (Wildman–Crippen LogP) is 2.41. The average molecular weight is 260 g/mol. The van der Waals surface area contributed by atoms with Crippen molar-refractivity contribution in [2.24, 2.45) is 5.92 Å². The molecule has 92 valence electrons. The number of carbonyl (C=O) groups is 1. The van der Waals surface area contributed by atoms with Gasteiger partial charge in [-0.15, -0.1) is 11.3 Å². The second-order valence-electron chi connectivity index (χ2n) is 4.30. The number of thiazole rings is 1. The molecule has 1 atom stereocenters. The number of rotatable bonds is 3. The van der Waals surface area contributed by atoms with Crippen LogP contribution in [-0.2, 0) is 0 Å². The quantitative estimate of drug-likeness (QED) is 0.668. The molecule has 0 aliphatic heterocycles. The molecular weight excluding hydrogens is 247 g/mol. The first-order valence-corrected chi connectivity index (χ1v) is 6.43. The van der Waals surface area contributed by atoms with Crippen LogP contribution in [0, 0.1) is 29.0 Å². The molecule has 0 spiro atoms. The molecule has 0 aromatic carbocycles. The van der Waals surface area contributed by atoms with Gasteiger partial charge in [0.05, 0.1) is 0 Å². The molecule has 1 aromatic heterocycles. The van der Waals surface area contributed by atoms with Gasteiger partial charge in [0.2, 0.25) is 0 Å². The normalized spacial score (nSPS) is 11.3. The second kappa shape index (κ2) is 6.23. The van der Waals surface area contributed by atoms with Crippen LogP contribution < -0.4 is 0 Å². The van der Waals surface area contributed by atoms with E-state index in [0.717, 1.165) is 0 Å². The smallest absolute Gasteiger partial charge is 0.355 e. The Bertz CT molecular complexity index is 536. The van der Waals surface area contributed by atoms with E-state index in [1.165, 1.54) is 16.7 Å². The Morgan fingerprint density at radius 3 is 2.72 bits per heavy atom. The molecule has 0 saturated carbocycles. The first-order chi connectivity index (χ1) is 8.45. The van der Waals surface area contributed by atoms with Gasteiger partial charge in [0.1, 0.15) is 0 Å². The summed E-state index contributed by atoms with van der Waals surface area (Å²) in [5.74, 6) is 7.26. The van der Waals surface area contributed by atoms with Crippen molar-refractivity contribution in [3.8, 4) is 17.8 Å². The van der Waals surface area contributed by atoms with Crippen molar-refractivity contribution < 1.29 is 9.90 Å². The summed E-state index contributed by atoms with van der Waals surface area (Å²) in [5.41, 5.74) is 0.0127. The van der Waals surface area contributed by atoms with Gasteiger partial charge in [0, 0.05) is 17.2 Å². The number of nitriles is 1. The summed E-state index contributed by atoms with van der Waals surface area (Å²) in [4.78, 5) is 14.6. The van der Waals surface area contributed by atoms with Gasteiger partial charge < -0.3 is 5.11 Å². The van der Waals surface area contributed by atoms with E-state index in [4.69, 9.17) is 10.4 Å². The third-order valence-corrected chi connectivity index (χ3v) is 3.29. The van der Waals surface area contributed by atoms with E-state index < -0.39 is 5.97 Å². The lowest BCUT2D eigenvalue weighted by molar-refractivity contribution is 0.0691. The number of aromatic nitrogens is 1. The zero-order chi connectivity index (χ0) is 13.7. The Morgan fingerprint density at radius 1 is 1.61 bits per heavy atom. The summed E-state index contributed by atoms with van der Waals surface area (Å²) >= 11 is 1.20. The summed E-state index contributed by atoms with van der Waals surface area (Å²) in [6.07, 6.45) is 0. The van der Waals surface area contributed by atoms with Crippen LogP contribution >= 0.6 is 11.3 Å². The predicted molar refractivity (Wildman–Crippen MR) is 71.8 cm³/mol. The van der Waals surface area contributed by atoms with Gasteiger partial charge in [0.25, 0.3) is 6.71 Å². The minimum atomic E-state index is -1.05. The Balaban J connectivity index is 2.91. The Kier molecular flexibility index (Phi) is 4.94. The second-order valence-corrected chi connectivity index (χ2v) is 5.16. The first kappa shape index (κ1) is 14.3. The van der Waals surface area contributed by atoms with Crippen LogP contribution in [0.1, 0.15) is 29.3 Å². The molecule has 1 aromatic rings. The van der Waals surface area contributed by atoms with E-state index in [1.807, 2.05) is 20.7 Å². The van der Waals surface area contributed by atoms with Crippen molar-refractivity contribution in [3.05, 3.63) is 16.1 Å². The van der Waals surface area contributed by atoms with Gasteiger partial charge >= 0.3 is 5.97 Å². The van der Waals surface area contributed by atoms with Crippen LogP contribution in [0.25, 0.3) is 0 Å². The van der Waals surface area contributed by atoms with E-state index >= 15 is 0 Å². The van der Waals surface area contributed by atoms with Crippen molar-refractivity contribution in [3.63, 3.8) is 0 Å². The molecule has 0 aliphatic rings. The molecule has 4 nitrogen and oxygen atoms in total. The third-order valence-electron chi connectivity index (χ3n) is 2.53. The van der Waals surface area contributed by atoms with Crippen molar-refractivity contribution in [2.75, 3.05) is 0 Å². The lowest BCUT2D eigenvalue weighted by atomic mass is 9.42. The van der Waals surface area contributed by atoms with Crippen LogP contribution in [-0.4, -0.2) is 22.8 Å². The summed E-state index contributed by atoms with van der Waals surface area (Å²) < 4.78 is 0. The van der Waals surface area contributed by atoms with Gasteiger partial charge in [0.15, 0.2) is 10.7 Å². The van der Waals surface area contributed by atoms with E-state index in [9.17, 15) is 4.79 Å². The van der Waals surface area contributed by atoms with Crippen molar-refractivity contribution in [1.82, 2.24) is 4.98 Å². The lowest BCUT2D eigenvalue weighted by Crippen LogP contribution is -2.18. The van der Waals surface area contributed by atoms with Crippen LogP contribution in [0.5, 0.6) is 0 Å². The number of nitrogens with zero attached hydrogens (tertiary/aromatic N) is 2. The number of hydrogen-bond acceptors (Lipinski definition) is 4. The van der Waals surface area contributed by atoms with Gasteiger partial charge in [-0.2, -0.15) is 0 Å². The van der Waals surface area contributed by atoms with Gasteiger partial charge in [-0.25, -0.2) is 15.0 Å². The highest BCUT2D eigenvalue weighted by Gasteiger charge is 2.22. The fourth-order valence-electron chi connectivity index (χ4n) is 1.52. The minimum Gasteiger partial charge on any atom is -0.476 e. The van der Waals surface area contributed by atoms with E-state index in [2.05, 4.69) is 22.8 Å². The number of carboxylic acids is 1. The maximum atomic E-state index is 10.7. The van der Waals surface area contributed by atoms with Gasteiger partial charge in [-0.05, 0) is 11.8 Å². The molecule has 0 amide bonds. The fourth-order valence-corrected chi connectivity index (χ4v) is 2.17. The SMILES string of the molecule is CB(C#N)C(C#Cc1nc(C(=O)O)cs1)C(C)C. The van der Waals surface area contributed by atoms with Gasteiger partial charge in [-0.1, -0.05) is 26.6 Å². The van der Waals surface area contributed by atoms with Gasteiger partial charge in [-0.3, -0.25) is 0 Å². The van der Waals surface area contributed by atoms with Crippen LogP contribution in [0.15, 0.2) is 5.38 Å². The van der Waals surface area contributed by atoms with Crippen molar-refractivity contribution >= 4 is 24.0 Å². The number of aromatic carboxylic acids is 1. The molecule has 0 saturated heterocycles. The lowest BCUT2D eigenvalue weighted by Gasteiger charge is -2.13. The highest BCUT2D eigenvalue weighted by molar-refractivity contribution is 7.10. The van der Waals surface area contributed by atoms with Crippen LogP contribution in [0.3, 0.4) is 0 Å². The van der Waals surface area contributed by atoms with Crippen LogP contribution in [0.4, 0.5) is 0 Å². The zero-order valence-electron chi connectivity index (χ0n) is 10.5. The largest absolute Gasteiger partial charge is 0.476 e. The maximum Gasteiger partial charge on any atom is 0.355 e. The maximum absolute atomic E-state index is 10.7. The summed E-state index contributed by atoms with van der Waals surface area (Å²) in [6, 6.07) is 0. The zero-order valence-corrected chi connectivity index (χ0v) is 11.3. The number of carboxylic acid groups (broad SMARTS) is 1. The molecule has 18 heavy (non-hydrogen) atoms. The summed E-state index contributed by atoms with van der Waals surface area (Å²) in [7, 11) is 0. The average Bonchev–Trinajstić information content (AvgIpc) is 2.77. The van der Waals surface area contributed by atoms with Crippen molar-refractivity contribution in [1.29, 1.82) is 5.26 Å².